The van der Waals surface area contributed by atoms with E-state index in [1.54, 1.807) is 6.21 Å². The number of hydrazone groups is 1. The van der Waals surface area contributed by atoms with Crippen LogP contribution in [-0.2, 0) is 11.4 Å². The summed E-state index contributed by atoms with van der Waals surface area (Å²) in [6.45, 7) is 2.67. The van der Waals surface area contributed by atoms with Crippen LogP contribution in [0.2, 0.25) is 0 Å². The van der Waals surface area contributed by atoms with Crippen LogP contribution in [0.25, 0.3) is 0 Å². The first kappa shape index (κ1) is 27.9. The number of ether oxygens (including phenoxy) is 3. The molecule has 0 spiro atoms. The molecule has 1 N–H and O–H groups in total. The van der Waals surface area contributed by atoms with Gasteiger partial charge in [0.15, 0.2) is 18.1 Å². The maximum atomic E-state index is 12.2. The monoisotopic (exact) mass is 664 g/mol. The molecule has 1 aliphatic rings. The molecule has 3 aromatic carbocycles. The summed E-state index contributed by atoms with van der Waals surface area (Å²) in [4.78, 5) is 12.2. The van der Waals surface area contributed by atoms with Gasteiger partial charge in [0.1, 0.15) is 12.4 Å². The molecule has 1 aliphatic heterocycles. The molecule has 1 amide bonds. The SMILES string of the molecule is CCOc1cc(/C=N\NC(=O)COc2ccc(C3SCCS3)cc2)cc(Br)c1OCc1ccc(Br)cc1. The van der Waals surface area contributed by atoms with Crippen molar-refractivity contribution in [3.05, 3.63) is 86.3 Å². The summed E-state index contributed by atoms with van der Waals surface area (Å²) >= 11 is 10.9. The number of halogens is 2. The molecular weight excluding hydrogens is 640 g/mol. The van der Waals surface area contributed by atoms with Gasteiger partial charge in [-0.2, -0.15) is 5.10 Å². The number of carbonyl (C=O) groups is 1. The van der Waals surface area contributed by atoms with Crippen molar-refractivity contribution in [1.29, 1.82) is 0 Å². The molecule has 6 nitrogen and oxygen atoms in total. The van der Waals surface area contributed by atoms with Gasteiger partial charge in [-0.3, -0.25) is 4.79 Å². The number of rotatable bonds is 11. The third-order valence-corrected chi connectivity index (χ3v) is 9.40. The molecule has 0 aromatic heterocycles. The first-order chi connectivity index (χ1) is 18.0. The number of amides is 1. The molecule has 37 heavy (non-hydrogen) atoms. The lowest BCUT2D eigenvalue weighted by Gasteiger charge is -2.14. The maximum absolute atomic E-state index is 12.2. The minimum absolute atomic E-state index is 0.125. The second-order valence-electron chi connectivity index (χ2n) is 7.90. The van der Waals surface area contributed by atoms with E-state index in [0.29, 0.717) is 35.0 Å². The van der Waals surface area contributed by atoms with Gasteiger partial charge in [-0.25, -0.2) is 5.43 Å². The van der Waals surface area contributed by atoms with Crippen LogP contribution in [0, 0.1) is 0 Å². The van der Waals surface area contributed by atoms with E-state index >= 15 is 0 Å². The van der Waals surface area contributed by atoms with E-state index in [1.807, 2.05) is 79.0 Å². The highest BCUT2D eigenvalue weighted by molar-refractivity contribution is 9.10. The lowest BCUT2D eigenvalue weighted by atomic mass is 10.2. The summed E-state index contributed by atoms with van der Waals surface area (Å²) in [5.41, 5.74) is 5.56. The summed E-state index contributed by atoms with van der Waals surface area (Å²) in [5.74, 6) is 3.87. The Morgan fingerprint density at radius 2 is 1.76 bits per heavy atom. The molecule has 10 heteroatoms. The van der Waals surface area contributed by atoms with Gasteiger partial charge in [-0.1, -0.05) is 40.2 Å². The standard InChI is InChI=1S/C27H26Br2N2O4S2/c1-2-33-24-14-19(13-23(29)26(24)35-16-18-3-7-21(28)8-4-18)15-30-31-25(32)17-34-22-9-5-20(6-10-22)27-36-11-12-37-27/h3-10,13-15,27H,2,11-12,16-17H2,1H3,(H,31,32)/b30-15-. The number of thioether (sulfide) groups is 2. The smallest absolute Gasteiger partial charge is 0.277 e. The number of hydrogen-bond acceptors (Lipinski definition) is 7. The van der Waals surface area contributed by atoms with Crippen LogP contribution < -0.4 is 19.6 Å². The number of nitrogens with one attached hydrogen (secondary N) is 1. The Hall–Kier alpha value is -2.14. The zero-order valence-corrected chi connectivity index (χ0v) is 24.9. The highest BCUT2D eigenvalue weighted by atomic mass is 79.9. The van der Waals surface area contributed by atoms with E-state index in [9.17, 15) is 4.79 Å². The van der Waals surface area contributed by atoms with Crippen LogP contribution in [0.1, 0.15) is 28.2 Å². The fraction of sp³-hybridized carbons (Fsp3) is 0.259. The van der Waals surface area contributed by atoms with Crippen molar-refractivity contribution in [1.82, 2.24) is 5.43 Å². The largest absolute Gasteiger partial charge is 0.490 e. The minimum atomic E-state index is -0.347. The third kappa shape index (κ3) is 8.43. The molecule has 0 bridgehead atoms. The van der Waals surface area contributed by atoms with E-state index in [2.05, 4.69) is 54.5 Å². The van der Waals surface area contributed by atoms with Gasteiger partial charge in [0.05, 0.1) is 21.9 Å². The van der Waals surface area contributed by atoms with Crippen LogP contribution in [0.4, 0.5) is 0 Å². The lowest BCUT2D eigenvalue weighted by molar-refractivity contribution is -0.123. The number of carbonyl (C=O) groups excluding carboxylic acids is 1. The fourth-order valence-electron chi connectivity index (χ4n) is 3.43. The first-order valence-corrected chi connectivity index (χ1v) is 15.3. The van der Waals surface area contributed by atoms with Crippen molar-refractivity contribution < 1.29 is 19.0 Å². The van der Waals surface area contributed by atoms with Crippen molar-refractivity contribution in [2.24, 2.45) is 5.10 Å². The number of nitrogens with zero attached hydrogens (tertiary/aromatic N) is 1. The van der Waals surface area contributed by atoms with Gasteiger partial charge in [-0.15, -0.1) is 23.5 Å². The van der Waals surface area contributed by atoms with Crippen molar-refractivity contribution in [3.63, 3.8) is 0 Å². The van der Waals surface area contributed by atoms with Gasteiger partial charge >= 0.3 is 0 Å². The highest BCUT2D eigenvalue weighted by Gasteiger charge is 2.18. The number of benzene rings is 3. The molecule has 4 rings (SSSR count). The van der Waals surface area contributed by atoms with Crippen LogP contribution in [0.3, 0.4) is 0 Å². The van der Waals surface area contributed by atoms with Crippen molar-refractivity contribution >= 4 is 67.5 Å². The van der Waals surface area contributed by atoms with Crippen LogP contribution in [0.15, 0.2) is 74.7 Å². The first-order valence-electron chi connectivity index (χ1n) is 11.6. The van der Waals surface area contributed by atoms with E-state index in [0.717, 1.165) is 20.1 Å². The average molecular weight is 666 g/mol. The molecule has 1 heterocycles. The van der Waals surface area contributed by atoms with Crippen LogP contribution in [0.5, 0.6) is 17.2 Å². The summed E-state index contributed by atoms with van der Waals surface area (Å²) in [5, 5.41) is 4.06. The predicted molar refractivity (Wildman–Crippen MR) is 159 cm³/mol. The van der Waals surface area contributed by atoms with Gasteiger partial charge in [-0.05, 0) is 75.9 Å². The zero-order chi connectivity index (χ0) is 26.0. The molecule has 1 saturated heterocycles. The van der Waals surface area contributed by atoms with Gasteiger partial charge < -0.3 is 14.2 Å². The molecular formula is C27H26Br2N2O4S2. The Morgan fingerprint density at radius 3 is 2.46 bits per heavy atom. The zero-order valence-electron chi connectivity index (χ0n) is 20.1. The Balaban J connectivity index is 1.30. The molecule has 0 aliphatic carbocycles. The number of hydrogen-bond donors (Lipinski definition) is 1. The Kier molecular flexibility index (Phi) is 10.7. The van der Waals surface area contributed by atoms with Gasteiger partial charge in [0.2, 0.25) is 0 Å². The summed E-state index contributed by atoms with van der Waals surface area (Å²) in [6, 6.07) is 19.5. The van der Waals surface area contributed by atoms with E-state index in [-0.39, 0.29) is 12.5 Å². The molecule has 0 atom stereocenters. The van der Waals surface area contributed by atoms with Gasteiger partial charge in [0.25, 0.3) is 5.91 Å². The predicted octanol–water partition coefficient (Wildman–Crippen LogP) is 7.20. The second-order valence-corrected chi connectivity index (χ2v) is 12.4. The second kappa shape index (κ2) is 14.1. The quantitative estimate of drug-likeness (QED) is 0.173. The normalized spacial score (nSPS) is 13.6. The van der Waals surface area contributed by atoms with E-state index < -0.39 is 0 Å². The molecule has 0 radical (unpaired) electrons. The highest BCUT2D eigenvalue weighted by Crippen LogP contribution is 2.45. The van der Waals surface area contributed by atoms with E-state index in [1.165, 1.54) is 17.1 Å². The Morgan fingerprint density at radius 1 is 1.03 bits per heavy atom. The Labute approximate surface area is 242 Å². The molecule has 194 valence electrons. The lowest BCUT2D eigenvalue weighted by Crippen LogP contribution is -2.24. The summed E-state index contributed by atoms with van der Waals surface area (Å²) < 4.78 is 19.6. The summed E-state index contributed by atoms with van der Waals surface area (Å²) in [7, 11) is 0. The fourth-order valence-corrected chi connectivity index (χ4v) is 7.13. The average Bonchev–Trinajstić information content (AvgIpc) is 3.44. The van der Waals surface area contributed by atoms with Crippen LogP contribution in [-0.4, -0.2) is 36.8 Å². The van der Waals surface area contributed by atoms with E-state index in [4.69, 9.17) is 14.2 Å². The molecule has 0 unspecified atom stereocenters. The maximum Gasteiger partial charge on any atom is 0.277 e. The van der Waals surface area contributed by atoms with Crippen molar-refractivity contribution in [3.8, 4) is 17.2 Å². The van der Waals surface area contributed by atoms with Gasteiger partial charge in [0, 0.05) is 16.0 Å². The minimum Gasteiger partial charge on any atom is -0.490 e. The summed E-state index contributed by atoms with van der Waals surface area (Å²) in [6.07, 6.45) is 1.55. The molecule has 0 saturated carbocycles. The Bertz CT molecular complexity index is 1220. The van der Waals surface area contributed by atoms with Crippen LogP contribution >= 0.6 is 55.4 Å². The molecule has 1 fully saturated rings. The van der Waals surface area contributed by atoms with Crippen molar-refractivity contribution in [2.45, 2.75) is 18.1 Å². The molecule has 3 aromatic rings. The third-order valence-electron chi connectivity index (χ3n) is 5.17. The van der Waals surface area contributed by atoms with Crippen molar-refractivity contribution in [2.75, 3.05) is 24.7 Å². The topological polar surface area (TPSA) is 69.2 Å².